The Labute approximate surface area is 91.6 Å². The summed E-state index contributed by atoms with van der Waals surface area (Å²) in [5.41, 5.74) is 0.585. The number of hydrogen-bond donors (Lipinski definition) is 2. The predicted octanol–water partition coefficient (Wildman–Crippen LogP) is 0.787. The summed E-state index contributed by atoms with van der Waals surface area (Å²) in [4.78, 5) is 17.0. The Morgan fingerprint density at radius 3 is 2.94 bits per heavy atom. The van der Waals surface area contributed by atoms with Crippen molar-refractivity contribution >= 4 is 11.6 Å². The number of aromatic nitrogens is 3. The number of H-pyrrole nitrogens is 1. The average molecular weight is 218 g/mol. The molecule has 1 heterocycles. The number of benzene rings is 1. The van der Waals surface area contributed by atoms with Crippen molar-refractivity contribution in [2.24, 2.45) is 0 Å². The molecule has 2 aromatic rings. The van der Waals surface area contributed by atoms with Crippen LogP contribution < -0.4 is 4.90 Å². The average Bonchev–Trinajstić information content (AvgIpc) is 2.80. The van der Waals surface area contributed by atoms with Crippen molar-refractivity contribution in [1.29, 1.82) is 0 Å². The van der Waals surface area contributed by atoms with Gasteiger partial charge in [0.15, 0.2) is 0 Å². The molecule has 6 heteroatoms. The van der Waals surface area contributed by atoms with Gasteiger partial charge in [-0.05, 0) is 12.1 Å². The molecule has 0 saturated carbocycles. The van der Waals surface area contributed by atoms with Crippen LogP contribution in [0.5, 0.6) is 5.75 Å². The smallest absolute Gasteiger partial charge is 0.295 e. The van der Waals surface area contributed by atoms with Gasteiger partial charge in [-0.2, -0.15) is 5.10 Å². The molecule has 0 atom stereocenters. The highest BCUT2D eigenvalue weighted by Gasteiger charge is 2.16. The van der Waals surface area contributed by atoms with Gasteiger partial charge in [0, 0.05) is 18.8 Å². The van der Waals surface area contributed by atoms with Gasteiger partial charge < -0.3 is 10.0 Å². The Kier molecular flexibility index (Phi) is 2.55. The van der Waals surface area contributed by atoms with Gasteiger partial charge in [0.1, 0.15) is 12.1 Å². The van der Waals surface area contributed by atoms with Gasteiger partial charge in [-0.25, -0.2) is 4.98 Å². The van der Waals surface area contributed by atoms with Crippen molar-refractivity contribution < 1.29 is 9.90 Å². The molecule has 82 valence electrons. The number of hydrogen-bond acceptors (Lipinski definition) is 4. The molecule has 6 nitrogen and oxygen atoms in total. The maximum absolute atomic E-state index is 11.8. The summed E-state index contributed by atoms with van der Waals surface area (Å²) in [5, 5.41) is 15.4. The molecule has 2 rings (SSSR count). The highest BCUT2D eigenvalue weighted by atomic mass is 16.3. The molecule has 0 bridgehead atoms. The van der Waals surface area contributed by atoms with Crippen LogP contribution in [0.25, 0.3) is 0 Å². The molecule has 1 amide bonds. The third-order valence-corrected chi connectivity index (χ3v) is 2.14. The fraction of sp³-hybridized carbons (Fsp3) is 0.100. The number of carbonyl (C=O) groups is 1. The minimum Gasteiger partial charge on any atom is -0.508 e. The summed E-state index contributed by atoms with van der Waals surface area (Å²) in [6, 6.07) is 6.41. The summed E-state index contributed by atoms with van der Waals surface area (Å²) in [6.07, 6.45) is 1.27. The lowest BCUT2D eigenvalue weighted by molar-refractivity contribution is 0.0983. The molecule has 0 aliphatic heterocycles. The van der Waals surface area contributed by atoms with Gasteiger partial charge in [0.05, 0.1) is 0 Å². The second kappa shape index (κ2) is 4.01. The lowest BCUT2D eigenvalue weighted by atomic mass is 10.3. The Balaban J connectivity index is 2.26. The van der Waals surface area contributed by atoms with Crippen LogP contribution in [-0.4, -0.2) is 33.2 Å². The molecular weight excluding hydrogens is 208 g/mol. The minimum absolute atomic E-state index is 0.106. The van der Waals surface area contributed by atoms with Crippen LogP contribution in [0.2, 0.25) is 0 Å². The molecular formula is C10H10N4O2. The first kappa shape index (κ1) is 10.2. The third-order valence-electron chi connectivity index (χ3n) is 2.14. The lowest BCUT2D eigenvalue weighted by Crippen LogP contribution is -2.27. The lowest BCUT2D eigenvalue weighted by Gasteiger charge is -2.15. The third kappa shape index (κ3) is 1.85. The van der Waals surface area contributed by atoms with Gasteiger partial charge in [-0.1, -0.05) is 6.07 Å². The van der Waals surface area contributed by atoms with Crippen LogP contribution >= 0.6 is 0 Å². The number of phenolic OH excluding ortho intramolecular Hbond substituents is 1. The number of phenols is 1. The summed E-state index contributed by atoms with van der Waals surface area (Å²) < 4.78 is 0. The Morgan fingerprint density at radius 1 is 1.50 bits per heavy atom. The van der Waals surface area contributed by atoms with Crippen molar-refractivity contribution in [2.45, 2.75) is 0 Å². The molecule has 2 N–H and O–H groups in total. The number of aromatic amines is 1. The number of nitrogens with zero attached hydrogens (tertiary/aromatic N) is 3. The first-order chi connectivity index (χ1) is 7.68. The highest BCUT2D eigenvalue weighted by Crippen LogP contribution is 2.19. The van der Waals surface area contributed by atoms with E-state index in [-0.39, 0.29) is 17.5 Å². The Bertz CT molecular complexity index is 495. The standard InChI is InChI=1S/C10H10N4O2/c1-14(7-3-2-4-8(15)5-7)10(16)9-11-6-12-13-9/h2-6,15H,1H3,(H,11,12,13). The summed E-state index contributed by atoms with van der Waals surface area (Å²) >= 11 is 0. The second-order valence-corrected chi connectivity index (χ2v) is 3.22. The number of aromatic hydroxyl groups is 1. The van der Waals surface area contributed by atoms with E-state index in [1.807, 2.05) is 0 Å². The van der Waals surface area contributed by atoms with Crippen LogP contribution in [0.1, 0.15) is 10.6 Å². The SMILES string of the molecule is CN(C(=O)c1ncn[nH]1)c1cccc(O)c1. The van der Waals surface area contributed by atoms with Crippen molar-refractivity contribution in [3.63, 3.8) is 0 Å². The topological polar surface area (TPSA) is 82.1 Å². The predicted molar refractivity (Wildman–Crippen MR) is 57.2 cm³/mol. The van der Waals surface area contributed by atoms with Crippen LogP contribution in [0, 0.1) is 0 Å². The normalized spacial score (nSPS) is 10.1. The molecule has 0 fully saturated rings. The number of anilines is 1. The fourth-order valence-electron chi connectivity index (χ4n) is 1.29. The van der Waals surface area contributed by atoms with E-state index >= 15 is 0 Å². The van der Waals surface area contributed by atoms with Crippen molar-refractivity contribution in [2.75, 3.05) is 11.9 Å². The minimum atomic E-state index is -0.317. The summed E-state index contributed by atoms with van der Waals surface area (Å²) in [6.45, 7) is 0. The van der Waals surface area contributed by atoms with Gasteiger partial charge in [0.25, 0.3) is 5.91 Å². The largest absolute Gasteiger partial charge is 0.508 e. The molecule has 0 aliphatic rings. The summed E-state index contributed by atoms with van der Waals surface area (Å²) in [5.74, 6) is -0.0522. The van der Waals surface area contributed by atoms with Crippen molar-refractivity contribution in [3.8, 4) is 5.75 Å². The van der Waals surface area contributed by atoms with Gasteiger partial charge in [-0.3, -0.25) is 9.89 Å². The van der Waals surface area contributed by atoms with Gasteiger partial charge >= 0.3 is 0 Å². The number of rotatable bonds is 2. The van der Waals surface area contributed by atoms with E-state index in [2.05, 4.69) is 15.2 Å². The molecule has 0 saturated heterocycles. The van der Waals surface area contributed by atoms with Crippen LogP contribution in [-0.2, 0) is 0 Å². The molecule has 1 aromatic carbocycles. The number of amides is 1. The highest BCUT2D eigenvalue weighted by molar-refractivity contribution is 6.03. The first-order valence-corrected chi connectivity index (χ1v) is 4.61. The van der Waals surface area contributed by atoms with Crippen molar-refractivity contribution in [3.05, 3.63) is 36.4 Å². The van der Waals surface area contributed by atoms with E-state index in [1.165, 1.54) is 23.4 Å². The zero-order valence-corrected chi connectivity index (χ0v) is 8.58. The van der Waals surface area contributed by atoms with E-state index in [1.54, 1.807) is 19.2 Å². The van der Waals surface area contributed by atoms with Crippen molar-refractivity contribution in [1.82, 2.24) is 15.2 Å². The van der Waals surface area contributed by atoms with Crippen LogP contribution in [0.15, 0.2) is 30.6 Å². The van der Waals surface area contributed by atoms with Crippen LogP contribution in [0.3, 0.4) is 0 Å². The Hall–Kier alpha value is -2.37. The molecule has 0 radical (unpaired) electrons. The van der Waals surface area contributed by atoms with E-state index in [0.717, 1.165) is 0 Å². The summed E-state index contributed by atoms with van der Waals surface area (Å²) in [7, 11) is 1.60. The first-order valence-electron chi connectivity index (χ1n) is 4.61. The molecule has 0 unspecified atom stereocenters. The van der Waals surface area contributed by atoms with E-state index in [4.69, 9.17) is 0 Å². The molecule has 0 spiro atoms. The zero-order chi connectivity index (χ0) is 11.5. The van der Waals surface area contributed by atoms with E-state index in [0.29, 0.717) is 5.69 Å². The monoisotopic (exact) mass is 218 g/mol. The molecule has 0 aliphatic carbocycles. The molecule has 1 aromatic heterocycles. The van der Waals surface area contributed by atoms with E-state index in [9.17, 15) is 9.90 Å². The van der Waals surface area contributed by atoms with Gasteiger partial charge in [-0.15, -0.1) is 0 Å². The number of carbonyl (C=O) groups excluding carboxylic acids is 1. The Morgan fingerprint density at radius 2 is 2.31 bits per heavy atom. The zero-order valence-electron chi connectivity index (χ0n) is 8.58. The van der Waals surface area contributed by atoms with Crippen LogP contribution in [0.4, 0.5) is 5.69 Å². The fourth-order valence-corrected chi connectivity index (χ4v) is 1.29. The van der Waals surface area contributed by atoms with E-state index < -0.39 is 0 Å². The quantitative estimate of drug-likeness (QED) is 0.780. The maximum atomic E-state index is 11.8. The number of nitrogens with one attached hydrogen (secondary N) is 1. The molecule has 16 heavy (non-hydrogen) atoms. The second-order valence-electron chi connectivity index (χ2n) is 3.22. The maximum Gasteiger partial charge on any atom is 0.295 e. The van der Waals surface area contributed by atoms with Gasteiger partial charge in [0.2, 0.25) is 5.82 Å².